The molecule has 0 aliphatic carbocycles. The van der Waals surface area contributed by atoms with Gasteiger partial charge in [-0.15, -0.1) is 10.2 Å². The molecule has 0 amide bonds. The Morgan fingerprint density at radius 2 is 2.12 bits per heavy atom. The Hall–Kier alpha value is -2.65. The number of aliphatic imine (C=N–C) groups is 1. The highest BCUT2D eigenvalue weighted by Crippen LogP contribution is 2.21. The third kappa shape index (κ3) is 7.20. The van der Waals surface area contributed by atoms with Gasteiger partial charge in [-0.1, -0.05) is 12.1 Å². The minimum absolute atomic E-state index is 0.220. The molecule has 2 N–H and O–H groups in total. The van der Waals surface area contributed by atoms with Crippen molar-refractivity contribution in [2.75, 3.05) is 33.5 Å². The van der Waals surface area contributed by atoms with Gasteiger partial charge in [-0.3, -0.25) is 0 Å². The highest BCUT2D eigenvalue weighted by atomic mass is 16.5. The van der Waals surface area contributed by atoms with Gasteiger partial charge in [-0.25, -0.2) is 4.99 Å². The summed E-state index contributed by atoms with van der Waals surface area (Å²) in [5.74, 6) is 3.31. The molecule has 1 aliphatic heterocycles. The Bertz CT molecular complexity index is 877. The first kappa shape index (κ1) is 24.0. The highest BCUT2D eigenvalue weighted by Gasteiger charge is 2.16. The zero-order valence-corrected chi connectivity index (χ0v) is 19.7. The van der Waals surface area contributed by atoms with Crippen molar-refractivity contribution < 1.29 is 14.2 Å². The van der Waals surface area contributed by atoms with Crippen LogP contribution < -0.4 is 15.4 Å². The lowest BCUT2D eigenvalue weighted by atomic mass is 10.1. The first-order chi connectivity index (χ1) is 15.6. The molecule has 0 saturated carbocycles. The third-order valence-corrected chi connectivity index (χ3v) is 5.50. The summed E-state index contributed by atoms with van der Waals surface area (Å²) in [5, 5.41) is 15.2. The zero-order valence-electron chi connectivity index (χ0n) is 19.7. The number of benzene rings is 1. The van der Waals surface area contributed by atoms with Crippen molar-refractivity contribution in [2.45, 2.75) is 52.3 Å². The van der Waals surface area contributed by atoms with E-state index in [1.165, 1.54) is 0 Å². The van der Waals surface area contributed by atoms with E-state index in [0.29, 0.717) is 32.3 Å². The van der Waals surface area contributed by atoms with E-state index in [2.05, 4.69) is 46.0 Å². The Kier molecular flexibility index (Phi) is 9.30. The number of ether oxygens (including phenoxy) is 3. The molecule has 3 rings (SSSR count). The number of nitrogens with zero attached hydrogens (tertiary/aromatic N) is 4. The SMILES string of the molecule is COCCCOc1cc(C)ccc1CN=C(NCc1nnc(C)n1C)NCC1CCCO1. The molecule has 0 spiro atoms. The molecule has 1 aromatic heterocycles. The summed E-state index contributed by atoms with van der Waals surface area (Å²) in [6, 6.07) is 6.23. The molecular formula is C23H36N6O3. The predicted octanol–water partition coefficient (Wildman–Crippen LogP) is 2.26. The summed E-state index contributed by atoms with van der Waals surface area (Å²) in [6.45, 7) is 7.88. The van der Waals surface area contributed by atoms with Crippen LogP contribution in [0.4, 0.5) is 0 Å². The molecule has 2 heterocycles. The second kappa shape index (κ2) is 12.4. The van der Waals surface area contributed by atoms with Crippen LogP contribution in [0.3, 0.4) is 0 Å². The molecule has 1 atom stereocenters. The van der Waals surface area contributed by atoms with Crippen LogP contribution in [0.5, 0.6) is 5.75 Å². The van der Waals surface area contributed by atoms with E-state index in [0.717, 1.165) is 60.9 Å². The van der Waals surface area contributed by atoms with Gasteiger partial charge in [0, 0.05) is 45.9 Å². The van der Waals surface area contributed by atoms with Gasteiger partial charge in [0.05, 0.1) is 25.8 Å². The predicted molar refractivity (Wildman–Crippen MR) is 124 cm³/mol. The standard InChI is InChI=1S/C23H36N6O3/c1-17-8-9-19(21(13-17)32-12-6-10-30-4)14-24-23(25-15-20-7-5-11-31-20)26-16-22-28-27-18(2)29(22)3/h8-9,13,20H,5-7,10-12,14-16H2,1-4H3,(H2,24,25,26). The van der Waals surface area contributed by atoms with Gasteiger partial charge in [0.2, 0.25) is 0 Å². The summed E-state index contributed by atoms with van der Waals surface area (Å²) in [4.78, 5) is 4.82. The number of aryl methyl sites for hydroxylation is 2. The average molecular weight is 445 g/mol. The number of aromatic nitrogens is 3. The van der Waals surface area contributed by atoms with Crippen LogP contribution in [0, 0.1) is 13.8 Å². The maximum atomic E-state index is 6.01. The number of hydrogen-bond acceptors (Lipinski definition) is 6. The normalized spacial score (nSPS) is 16.4. The van der Waals surface area contributed by atoms with Crippen LogP contribution in [0.15, 0.2) is 23.2 Å². The molecule has 1 saturated heterocycles. The van der Waals surface area contributed by atoms with E-state index in [-0.39, 0.29) is 6.10 Å². The Balaban J connectivity index is 1.67. The summed E-state index contributed by atoms with van der Waals surface area (Å²) < 4.78 is 18.8. The number of guanidine groups is 1. The van der Waals surface area contributed by atoms with Crippen LogP contribution in [0.2, 0.25) is 0 Å². The van der Waals surface area contributed by atoms with Crippen molar-refractivity contribution in [3.63, 3.8) is 0 Å². The first-order valence-electron chi connectivity index (χ1n) is 11.3. The van der Waals surface area contributed by atoms with E-state index in [4.69, 9.17) is 19.2 Å². The molecule has 0 bridgehead atoms. The monoisotopic (exact) mass is 444 g/mol. The first-order valence-corrected chi connectivity index (χ1v) is 11.3. The van der Waals surface area contributed by atoms with E-state index in [1.54, 1.807) is 7.11 Å². The van der Waals surface area contributed by atoms with Crippen LogP contribution in [0.1, 0.15) is 42.0 Å². The van der Waals surface area contributed by atoms with E-state index in [9.17, 15) is 0 Å². The largest absolute Gasteiger partial charge is 0.493 e. The van der Waals surface area contributed by atoms with Crippen LogP contribution in [-0.2, 0) is 29.6 Å². The van der Waals surface area contributed by atoms with E-state index < -0.39 is 0 Å². The summed E-state index contributed by atoms with van der Waals surface area (Å²) in [5.41, 5.74) is 2.20. The molecule has 1 aromatic carbocycles. The molecule has 0 radical (unpaired) electrons. The second-order valence-electron chi connectivity index (χ2n) is 8.06. The zero-order chi connectivity index (χ0) is 22.8. The Morgan fingerprint density at radius 1 is 1.25 bits per heavy atom. The minimum Gasteiger partial charge on any atom is -0.493 e. The van der Waals surface area contributed by atoms with E-state index >= 15 is 0 Å². The van der Waals surface area contributed by atoms with Crippen molar-refractivity contribution in [2.24, 2.45) is 12.0 Å². The van der Waals surface area contributed by atoms with E-state index in [1.807, 2.05) is 18.5 Å². The molecule has 1 unspecified atom stereocenters. The number of methoxy groups -OCH3 is 1. The van der Waals surface area contributed by atoms with Crippen molar-refractivity contribution in [1.82, 2.24) is 25.4 Å². The van der Waals surface area contributed by atoms with Crippen molar-refractivity contribution in [1.29, 1.82) is 0 Å². The Morgan fingerprint density at radius 3 is 2.84 bits per heavy atom. The molecular weight excluding hydrogens is 408 g/mol. The molecule has 9 heteroatoms. The van der Waals surface area contributed by atoms with Gasteiger partial charge in [0.1, 0.15) is 11.6 Å². The van der Waals surface area contributed by atoms with Crippen molar-refractivity contribution in [3.8, 4) is 5.75 Å². The van der Waals surface area contributed by atoms with Gasteiger partial charge >= 0.3 is 0 Å². The van der Waals surface area contributed by atoms with Gasteiger partial charge in [-0.2, -0.15) is 0 Å². The van der Waals surface area contributed by atoms with Gasteiger partial charge in [-0.05, 0) is 38.3 Å². The minimum atomic E-state index is 0.220. The molecule has 2 aromatic rings. The van der Waals surface area contributed by atoms with Crippen LogP contribution in [0.25, 0.3) is 0 Å². The summed E-state index contributed by atoms with van der Waals surface area (Å²) >= 11 is 0. The maximum absolute atomic E-state index is 6.01. The third-order valence-electron chi connectivity index (χ3n) is 5.50. The number of nitrogens with one attached hydrogen (secondary N) is 2. The fourth-order valence-electron chi connectivity index (χ4n) is 3.43. The molecule has 1 aliphatic rings. The highest BCUT2D eigenvalue weighted by molar-refractivity contribution is 5.79. The van der Waals surface area contributed by atoms with Crippen molar-refractivity contribution in [3.05, 3.63) is 41.0 Å². The summed E-state index contributed by atoms with van der Waals surface area (Å²) in [6.07, 6.45) is 3.25. The molecule has 1 fully saturated rings. The quantitative estimate of drug-likeness (QED) is 0.312. The Labute approximate surface area is 190 Å². The van der Waals surface area contributed by atoms with Gasteiger partial charge in [0.25, 0.3) is 0 Å². The topological polar surface area (TPSA) is 94.8 Å². The van der Waals surface area contributed by atoms with Crippen molar-refractivity contribution >= 4 is 5.96 Å². The van der Waals surface area contributed by atoms with Crippen LogP contribution in [-0.4, -0.2) is 60.3 Å². The van der Waals surface area contributed by atoms with Gasteiger partial charge < -0.3 is 29.4 Å². The number of hydrogen-bond donors (Lipinski definition) is 2. The van der Waals surface area contributed by atoms with Gasteiger partial charge in [0.15, 0.2) is 11.8 Å². The molecule has 176 valence electrons. The fourth-order valence-corrected chi connectivity index (χ4v) is 3.43. The smallest absolute Gasteiger partial charge is 0.192 e. The lowest BCUT2D eigenvalue weighted by molar-refractivity contribution is 0.113. The molecule has 32 heavy (non-hydrogen) atoms. The lowest BCUT2D eigenvalue weighted by Gasteiger charge is -2.16. The maximum Gasteiger partial charge on any atom is 0.192 e. The second-order valence-corrected chi connectivity index (χ2v) is 8.06. The number of rotatable bonds is 11. The average Bonchev–Trinajstić information content (AvgIpc) is 3.42. The summed E-state index contributed by atoms with van der Waals surface area (Å²) in [7, 11) is 3.66. The van der Waals surface area contributed by atoms with Crippen LogP contribution >= 0.6 is 0 Å². The lowest BCUT2D eigenvalue weighted by Crippen LogP contribution is -2.41. The molecule has 9 nitrogen and oxygen atoms in total. The fraction of sp³-hybridized carbons (Fsp3) is 0.609.